The maximum absolute atomic E-state index is 12.6. The van der Waals surface area contributed by atoms with Crippen LogP contribution in [0.2, 0.25) is 5.02 Å². The molecule has 1 aromatic carbocycles. The monoisotopic (exact) mass is 365 g/mol. The van der Waals surface area contributed by atoms with Crippen LogP contribution in [0.15, 0.2) is 24.3 Å². The first-order valence-corrected chi connectivity index (χ1v) is 10.2. The number of carbonyl (C=O) groups is 1. The first-order chi connectivity index (χ1) is 11.7. The summed E-state index contributed by atoms with van der Waals surface area (Å²) in [6, 6.07) is 7.84. The van der Waals surface area contributed by atoms with Crippen molar-refractivity contribution >= 4 is 35.1 Å². The van der Waals surface area contributed by atoms with Gasteiger partial charge in [0.25, 0.3) is 0 Å². The number of hydrogen-bond donors (Lipinski definition) is 1. The summed E-state index contributed by atoms with van der Waals surface area (Å²) in [4.78, 5) is 17.6. The number of urea groups is 1. The number of thioether (sulfide) groups is 1. The molecule has 2 heterocycles. The minimum atomic E-state index is -0.00786. The summed E-state index contributed by atoms with van der Waals surface area (Å²) in [5.41, 5.74) is 0.763. The summed E-state index contributed by atoms with van der Waals surface area (Å²) in [5, 5.41) is 3.62. The van der Waals surface area contributed by atoms with Gasteiger partial charge in [0.05, 0.1) is 4.87 Å². The highest BCUT2D eigenvalue weighted by molar-refractivity contribution is 8.00. The van der Waals surface area contributed by atoms with Crippen LogP contribution in [0.25, 0.3) is 0 Å². The maximum atomic E-state index is 12.6. The summed E-state index contributed by atoms with van der Waals surface area (Å²) in [6.07, 6.45) is 6.74. The van der Waals surface area contributed by atoms with Gasteiger partial charge in [-0.25, -0.2) is 4.79 Å². The molecule has 130 valence electrons. The Morgan fingerprint density at radius 3 is 2.88 bits per heavy atom. The second-order valence-electron chi connectivity index (χ2n) is 7.05. The highest BCUT2D eigenvalue weighted by Crippen LogP contribution is 2.49. The lowest BCUT2D eigenvalue weighted by Crippen LogP contribution is -2.59. The first kappa shape index (κ1) is 16.6. The number of anilines is 1. The molecule has 1 atom stereocenters. The van der Waals surface area contributed by atoms with Gasteiger partial charge in [-0.3, -0.25) is 4.90 Å². The Bertz CT molecular complexity index is 620. The topological polar surface area (TPSA) is 35.6 Å². The third-order valence-corrected chi connectivity index (χ3v) is 7.52. The predicted octanol–water partition coefficient (Wildman–Crippen LogP) is 4.27. The Balaban J connectivity index is 1.39. The van der Waals surface area contributed by atoms with Crippen molar-refractivity contribution in [2.75, 3.05) is 30.7 Å². The summed E-state index contributed by atoms with van der Waals surface area (Å²) >= 11 is 8.14. The van der Waals surface area contributed by atoms with E-state index in [1.54, 1.807) is 6.07 Å². The fourth-order valence-electron chi connectivity index (χ4n) is 4.36. The number of halogens is 1. The van der Waals surface area contributed by atoms with Crippen molar-refractivity contribution < 1.29 is 4.79 Å². The number of hydrogen-bond acceptors (Lipinski definition) is 3. The number of nitrogens with one attached hydrogen (secondary N) is 1. The van der Waals surface area contributed by atoms with Crippen LogP contribution in [-0.4, -0.2) is 52.1 Å². The molecule has 3 fully saturated rings. The Kier molecular flexibility index (Phi) is 4.67. The molecule has 4 nitrogen and oxygen atoms in total. The molecule has 0 bridgehead atoms. The largest absolute Gasteiger partial charge is 0.322 e. The summed E-state index contributed by atoms with van der Waals surface area (Å²) in [6.45, 7) is 2.65. The van der Waals surface area contributed by atoms with E-state index < -0.39 is 0 Å². The smallest absolute Gasteiger partial charge is 0.321 e. The molecular weight excluding hydrogens is 342 g/mol. The van der Waals surface area contributed by atoms with Gasteiger partial charge in [0.2, 0.25) is 0 Å². The van der Waals surface area contributed by atoms with E-state index in [1.807, 2.05) is 23.1 Å². The Hall–Kier alpha value is -0.910. The molecule has 2 amide bonds. The lowest BCUT2D eigenvalue weighted by atomic mass is 9.92. The first-order valence-electron chi connectivity index (χ1n) is 8.88. The fourth-order valence-corrected chi connectivity index (χ4v) is 6.32. The molecule has 0 aromatic heterocycles. The van der Waals surface area contributed by atoms with Crippen molar-refractivity contribution in [3.05, 3.63) is 29.3 Å². The fraction of sp³-hybridized carbons (Fsp3) is 0.611. The highest BCUT2D eigenvalue weighted by Gasteiger charge is 2.49. The number of carbonyl (C=O) groups excluding carboxylic acids is 1. The quantitative estimate of drug-likeness (QED) is 0.807. The van der Waals surface area contributed by atoms with Crippen LogP contribution >= 0.6 is 23.4 Å². The van der Waals surface area contributed by atoms with E-state index >= 15 is 0 Å². The van der Waals surface area contributed by atoms with Crippen LogP contribution < -0.4 is 5.32 Å². The van der Waals surface area contributed by atoms with Gasteiger partial charge in [0.15, 0.2) is 0 Å². The van der Waals surface area contributed by atoms with Gasteiger partial charge in [-0.05, 0) is 31.0 Å². The van der Waals surface area contributed by atoms with Crippen molar-refractivity contribution in [2.45, 2.75) is 43.0 Å². The van der Waals surface area contributed by atoms with E-state index in [0.717, 1.165) is 31.1 Å². The highest BCUT2D eigenvalue weighted by atomic mass is 35.5. The minimum absolute atomic E-state index is 0.00786. The molecule has 4 rings (SSSR count). The standard InChI is InChI=1S/C18H24ClN3OS/c19-14-5-4-6-15(11-14)20-17(23)21-9-10-22-16(12-21)13-24-18(22)7-2-1-3-8-18/h4-6,11,16H,1-3,7-10,12-13H2,(H,20,23). The molecule has 1 aliphatic carbocycles. The number of rotatable bonds is 1. The van der Waals surface area contributed by atoms with Gasteiger partial charge in [0.1, 0.15) is 0 Å². The summed E-state index contributed by atoms with van der Waals surface area (Å²) in [5.74, 6) is 1.15. The third-order valence-electron chi connectivity index (χ3n) is 5.55. The van der Waals surface area contributed by atoms with Crippen LogP contribution in [0.4, 0.5) is 10.5 Å². The average Bonchev–Trinajstić information content (AvgIpc) is 2.93. The summed E-state index contributed by atoms with van der Waals surface area (Å²) in [7, 11) is 0. The predicted molar refractivity (Wildman–Crippen MR) is 101 cm³/mol. The van der Waals surface area contributed by atoms with E-state index in [4.69, 9.17) is 11.6 Å². The van der Waals surface area contributed by atoms with E-state index in [-0.39, 0.29) is 6.03 Å². The molecule has 1 spiro atoms. The molecule has 1 N–H and O–H groups in total. The van der Waals surface area contributed by atoms with Gasteiger partial charge in [0, 0.05) is 42.1 Å². The van der Waals surface area contributed by atoms with Crippen molar-refractivity contribution in [3.63, 3.8) is 0 Å². The Morgan fingerprint density at radius 1 is 1.25 bits per heavy atom. The maximum Gasteiger partial charge on any atom is 0.321 e. The zero-order valence-electron chi connectivity index (χ0n) is 13.8. The minimum Gasteiger partial charge on any atom is -0.322 e. The van der Waals surface area contributed by atoms with Crippen LogP contribution in [0, 0.1) is 0 Å². The van der Waals surface area contributed by atoms with Crippen molar-refractivity contribution in [1.82, 2.24) is 9.80 Å². The number of nitrogens with zero attached hydrogens (tertiary/aromatic N) is 2. The van der Waals surface area contributed by atoms with Crippen LogP contribution in [-0.2, 0) is 0 Å². The average molecular weight is 366 g/mol. The SMILES string of the molecule is O=C(Nc1cccc(Cl)c1)N1CCN2C(CSC23CCCCC3)C1. The normalized spacial score (nSPS) is 26.4. The third kappa shape index (κ3) is 3.14. The van der Waals surface area contributed by atoms with Crippen LogP contribution in [0.5, 0.6) is 0 Å². The Morgan fingerprint density at radius 2 is 2.08 bits per heavy atom. The number of benzene rings is 1. The van der Waals surface area contributed by atoms with E-state index in [2.05, 4.69) is 22.0 Å². The number of piperazine rings is 1. The van der Waals surface area contributed by atoms with Crippen LogP contribution in [0.3, 0.4) is 0 Å². The van der Waals surface area contributed by atoms with Gasteiger partial charge in [-0.1, -0.05) is 36.9 Å². The molecule has 1 saturated carbocycles. The molecule has 1 unspecified atom stereocenters. The van der Waals surface area contributed by atoms with Gasteiger partial charge in [-0.15, -0.1) is 11.8 Å². The summed E-state index contributed by atoms with van der Waals surface area (Å²) < 4.78 is 0. The van der Waals surface area contributed by atoms with Crippen LogP contribution in [0.1, 0.15) is 32.1 Å². The van der Waals surface area contributed by atoms with E-state index in [0.29, 0.717) is 15.9 Å². The van der Waals surface area contributed by atoms with Gasteiger partial charge in [-0.2, -0.15) is 0 Å². The van der Waals surface area contributed by atoms with Gasteiger partial charge < -0.3 is 10.2 Å². The zero-order valence-corrected chi connectivity index (χ0v) is 15.4. The second-order valence-corrected chi connectivity index (χ2v) is 8.87. The Labute approximate surface area is 152 Å². The second kappa shape index (κ2) is 6.77. The molecule has 2 saturated heterocycles. The molecular formula is C18H24ClN3OS. The molecule has 1 aromatic rings. The lowest BCUT2D eigenvalue weighted by Gasteiger charge is -2.47. The molecule has 6 heteroatoms. The van der Waals surface area contributed by atoms with Gasteiger partial charge >= 0.3 is 6.03 Å². The lowest BCUT2D eigenvalue weighted by molar-refractivity contribution is 0.0484. The molecule has 3 aliphatic rings. The van der Waals surface area contributed by atoms with Crippen molar-refractivity contribution in [3.8, 4) is 0 Å². The molecule has 24 heavy (non-hydrogen) atoms. The zero-order chi connectivity index (χ0) is 16.6. The molecule has 0 radical (unpaired) electrons. The van der Waals surface area contributed by atoms with Crippen molar-refractivity contribution in [1.29, 1.82) is 0 Å². The number of amides is 2. The number of fused-ring (bicyclic) bond motifs is 2. The molecule has 2 aliphatic heterocycles. The van der Waals surface area contributed by atoms with E-state index in [9.17, 15) is 4.79 Å². The van der Waals surface area contributed by atoms with E-state index in [1.165, 1.54) is 32.1 Å². The van der Waals surface area contributed by atoms with Crippen molar-refractivity contribution in [2.24, 2.45) is 0 Å².